The summed E-state index contributed by atoms with van der Waals surface area (Å²) < 4.78 is 5.09. The van der Waals surface area contributed by atoms with Gasteiger partial charge in [0.05, 0.1) is 12.7 Å². The summed E-state index contributed by atoms with van der Waals surface area (Å²) in [5.41, 5.74) is 6.26. The maximum absolute atomic E-state index is 10.7. The van der Waals surface area contributed by atoms with Crippen molar-refractivity contribution in [3.63, 3.8) is 0 Å². The number of nitrogens with two attached hydrogens (primary N) is 1. The Morgan fingerprint density at radius 2 is 2.33 bits per heavy atom. The molecule has 3 N–H and O–H groups in total. The molecule has 1 aromatic carbocycles. The number of hydrogen-bond acceptors (Lipinski definition) is 3. The first kappa shape index (κ1) is 11.3. The molecule has 4 nitrogen and oxygen atoms in total. The summed E-state index contributed by atoms with van der Waals surface area (Å²) in [5.74, 6) is -0.329. The van der Waals surface area contributed by atoms with Crippen molar-refractivity contribution < 1.29 is 14.6 Å². The number of carboxylic acids is 1. The fraction of sp³-hybridized carbons (Fsp3) is 0.182. The molecule has 1 aromatic rings. The molecule has 0 atom stereocenters. The van der Waals surface area contributed by atoms with Crippen LogP contribution in [-0.4, -0.2) is 24.7 Å². The van der Waals surface area contributed by atoms with E-state index in [-0.39, 0.29) is 5.56 Å². The summed E-state index contributed by atoms with van der Waals surface area (Å²) in [6.07, 6.45) is 3.48. The Hall–Kier alpha value is -1.81. The zero-order chi connectivity index (χ0) is 11.3. The number of rotatable bonds is 4. The lowest BCUT2D eigenvalue weighted by atomic mass is 10.1. The van der Waals surface area contributed by atoms with Crippen molar-refractivity contribution in [2.75, 3.05) is 13.7 Å². The van der Waals surface area contributed by atoms with E-state index in [2.05, 4.69) is 0 Å². The summed E-state index contributed by atoms with van der Waals surface area (Å²) >= 11 is 0. The average Bonchev–Trinajstić information content (AvgIpc) is 2.25. The molecule has 0 bridgehead atoms. The summed E-state index contributed by atoms with van der Waals surface area (Å²) in [4.78, 5) is 10.7. The van der Waals surface area contributed by atoms with Gasteiger partial charge in [0.15, 0.2) is 0 Å². The second kappa shape index (κ2) is 5.17. The van der Waals surface area contributed by atoms with Crippen LogP contribution in [0.1, 0.15) is 15.9 Å². The molecule has 0 heterocycles. The molecule has 0 amide bonds. The van der Waals surface area contributed by atoms with Crippen molar-refractivity contribution in [3.05, 3.63) is 35.4 Å². The van der Waals surface area contributed by atoms with Gasteiger partial charge < -0.3 is 15.6 Å². The molecule has 80 valence electrons. The maximum Gasteiger partial charge on any atom is 0.335 e. The minimum atomic E-state index is -0.958. The Morgan fingerprint density at radius 1 is 1.60 bits per heavy atom. The van der Waals surface area contributed by atoms with E-state index in [4.69, 9.17) is 15.6 Å². The fourth-order valence-electron chi connectivity index (χ4n) is 1.19. The van der Waals surface area contributed by atoms with Crippen LogP contribution in [0.3, 0.4) is 0 Å². The highest BCUT2D eigenvalue weighted by molar-refractivity contribution is 5.88. The number of carboxylic acid groups (broad SMARTS) is 1. The van der Waals surface area contributed by atoms with Crippen LogP contribution in [0.25, 0.3) is 6.08 Å². The number of benzene rings is 1. The number of aromatic carboxylic acids is 1. The van der Waals surface area contributed by atoms with E-state index in [1.54, 1.807) is 24.3 Å². The van der Waals surface area contributed by atoms with E-state index in [0.29, 0.717) is 17.9 Å². The van der Waals surface area contributed by atoms with Crippen LogP contribution in [0.2, 0.25) is 0 Å². The molecule has 0 spiro atoms. The van der Waals surface area contributed by atoms with Gasteiger partial charge in [-0.3, -0.25) is 0 Å². The van der Waals surface area contributed by atoms with E-state index in [1.807, 2.05) is 0 Å². The van der Waals surface area contributed by atoms with Gasteiger partial charge in [-0.15, -0.1) is 0 Å². The van der Waals surface area contributed by atoms with Crippen molar-refractivity contribution in [1.82, 2.24) is 0 Å². The molecular formula is C11H13NO3. The predicted molar refractivity (Wildman–Crippen MR) is 58.0 cm³/mol. The third kappa shape index (κ3) is 2.82. The van der Waals surface area contributed by atoms with Gasteiger partial charge >= 0.3 is 5.97 Å². The minimum absolute atomic E-state index is 0.229. The second-order valence-corrected chi connectivity index (χ2v) is 2.90. The van der Waals surface area contributed by atoms with Gasteiger partial charge in [-0.1, -0.05) is 12.2 Å². The van der Waals surface area contributed by atoms with E-state index >= 15 is 0 Å². The van der Waals surface area contributed by atoms with Gasteiger partial charge in [-0.05, 0) is 18.2 Å². The minimum Gasteiger partial charge on any atom is -0.496 e. The molecule has 0 fully saturated rings. The second-order valence-electron chi connectivity index (χ2n) is 2.90. The lowest BCUT2D eigenvalue weighted by molar-refractivity contribution is 0.0697. The van der Waals surface area contributed by atoms with E-state index in [9.17, 15) is 4.79 Å². The Bertz CT molecular complexity index is 385. The first-order valence-electron chi connectivity index (χ1n) is 4.47. The number of carbonyl (C=O) groups is 1. The Morgan fingerprint density at radius 3 is 2.87 bits per heavy atom. The highest BCUT2D eigenvalue weighted by atomic mass is 16.5. The highest BCUT2D eigenvalue weighted by Gasteiger charge is 2.06. The third-order valence-electron chi connectivity index (χ3n) is 1.91. The Balaban J connectivity index is 3.13. The summed E-state index contributed by atoms with van der Waals surface area (Å²) in [7, 11) is 1.54. The van der Waals surface area contributed by atoms with Crippen LogP contribution in [-0.2, 0) is 0 Å². The molecular weight excluding hydrogens is 194 g/mol. The standard InChI is InChI=1S/C11H13NO3/c1-15-10-5-4-9(11(13)14)7-8(10)3-2-6-12/h2-5,7H,6,12H2,1H3,(H,13,14). The van der Waals surface area contributed by atoms with Crippen molar-refractivity contribution >= 4 is 12.0 Å². The van der Waals surface area contributed by atoms with Crippen LogP contribution in [0.15, 0.2) is 24.3 Å². The Kier molecular flexibility index (Phi) is 3.88. The molecule has 4 heteroatoms. The van der Waals surface area contributed by atoms with Crippen molar-refractivity contribution in [3.8, 4) is 5.75 Å². The zero-order valence-electron chi connectivity index (χ0n) is 8.43. The van der Waals surface area contributed by atoms with Gasteiger partial charge in [0.25, 0.3) is 0 Å². The topological polar surface area (TPSA) is 72.5 Å². The van der Waals surface area contributed by atoms with Gasteiger partial charge in [-0.25, -0.2) is 4.79 Å². The van der Waals surface area contributed by atoms with Gasteiger partial charge in [0.1, 0.15) is 5.75 Å². The quantitative estimate of drug-likeness (QED) is 0.782. The molecule has 15 heavy (non-hydrogen) atoms. The molecule has 0 saturated heterocycles. The molecule has 0 saturated carbocycles. The molecule has 1 rings (SSSR count). The van der Waals surface area contributed by atoms with Crippen LogP contribution in [0, 0.1) is 0 Å². The number of ether oxygens (including phenoxy) is 1. The van der Waals surface area contributed by atoms with Crippen molar-refractivity contribution in [2.24, 2.45) is 5.73 Å². The number of hydrogen-bond donors (Lipinski definition) is 2. The molecule has 0 aromatic heterocycles. The largest absolute Gasteiger partial charge is 0.496 e. The van der Waals surface area contributed by atoms with Gasteiger partial charge in [-0.2, -0.15) is 0 Å². The molecule has 0 aliphatic carbocycles. The molecule has 0 radical (unpaired) electrons. The van der Waals surface area contributed by atoms with E-state index in [0.717, 1.165) is 0 Å². The third-order valence-corrected chi connectivity index (χ3v) is 1.91. The van der Waals surface area contributed by atoms with Gasteiger partial charge in [0, 0.05) is 12.1 Å². The molecule has 0 aliphatic rings. The molecule has 0 unspecified atom stereocenters. The van der Waals surface area contributed by atoms with Crippen LogP contribution in [0.5, 0.6) is 5.75 Å². The van der Waals surface area contributed by atoms with E-state index < -0.39 is 5.97 Å². The lowest BCUT2D eigenvalue weighted by Gasteiger charge is -2.05. The first-order valence-corrected chi connectivity index (χ1v) is 4.47. The van der Waals surface area contributed by atoms with E-state index in [1.165, 1.54) is 13.2 Å². The monoisotopic (exact) mass is 207 g/mol. The summed E-state index contributed by atoms with van der Waals surface area (Å²) in [6, 6.07) is 4.67. The van der Waals surface area contributed by atoms with Gasteiger partial charge in [0.2, 0.25) is 0 Å². The Labute approximate surface area is 88.0 Å². The average molecular weight is 207 g/mol. The normalized spacial score (nSPS) is 10.5. The smallest absolute Gasteiger partial charge is 0.335 e. The first-order chi connectivity index (χ1) is 7.19. The summed E-state index contributed by atoms with van der Waals surface area (Å²) in [6.45, 7) is 0.403. The lowest BCUT2D eigenvalue weighted by Crippen LogP contribution is -1.98. The molecule has 0 aliphatic heterocycles. The van der Waals surface area contributed by atoms with Crippen molar-refractivity contribution in [1.29, 1.82) is 0 Å². The SMILES string of the molecule is COc1ccc(C(=O)O)cc1C=CCN. The zero-order valence-corrected chi connectivity index (χ0v) is 8.43. The van der Waals surface area contributed by atoms with Crippen LogP contribution >= 0.6 is 0 Å². The predicted octanol–water partition coefficient (Wildman–Crippen LogP) is 1.37. The van der Waals surface area contributed by atoms with Crippen LogP contribution < -0.4 is 10.5 Å². The maximum atomic E-state index is 10.7. The number of methoxy groups -OCH3 is 1. The van der Waals surface area contributed by atoms with Crippen molar-refractivity contribution in [2.45, 2.75) is 0 Å². The highest BCUT2D eigenvalue weighted by Crippen LogP contribution is 2.21. The summed E-state index contributed by atoms with van der Waals surface area (Å²) in [5, 5.41) is 8.81. The van der Waals surface area contributed by atoms with Crippen LogP contribution in [0.4, 0.5) is 0 Å². The fourth-order valence-corrected chi connectivity index (χ4v) is 1.19.